The smallest absolute Gasteiger partial charge is 0.256 e. The zero-order valence-corrected chi connectivity index (χ0v) is 13.8. The van der Waals surface area contributed by atoms with Crippen LogP contribution in [0.5, 0.6) is 0 Å². The summed E-state index contributed by atoms with van der Waals surface area (Å²) in [7, 11) is 0. The van der Waals surface area contributed by atoms with Gasteiger partial charge in [-0.05, 0) is 19.8 Å². The van der Waals surface area contributed by atoms with Crippen LogP contribution in [0.2, 0.25) is 0 Å². The lowest BCUT2D eigenvalue weighted by molar-refractivity contribution is -0.139. The van der Waals surface area contributed by atoms with Crippen LogP contribution in [0.15, 0.2) is 29.1 Å². The molecule has 1 aliphatic heterocycles. The Morgan fingerprint density at radius 2 is 2.00 bits per heavy atom. The molecule has 1 fully saturated rings. The van der Waals surface area contributed by atoms with Crippen molar-refractivity contribution in [2.75, 3.05) is 6.54 Å². The second-order valence-corrected chi connectivity index (χ2v) is 6.84. The van der Waals surface area contributed by atoms with Gasteiger partial charge in [-0.1, -0.05) is 36.2 Å². The van der Waals surface area contributed by atoms with E-state index in [0.717, 1.165) is 30.5 Å². The van der Waals surface area contributed by atoms with Crippen molar-refractivity contribution < 1.29 is 4.79 Å². The van der Waals surface area contributed by atoms with Crippen LogP contribution in [-0.2, 0) is 17.8 Å². The van der Waals surface area contributed by atoms with E-state index in [1.165, 1.54) is 5.56 Å². The van der Waals surface area contributed by atoms with E-state index < -0.39 is 0 Å². The maximum Gasteiger partial charge on any atom is 0.256 e. The third kappa shape index (κ3) is 2.64. The van der Waals surface area contributed by atoms with Crippen LogP contribution in [0.4, 0.5) is 0 Å². The molecule has 0 spiro atoms. The number of hydrogen-bond donors (Lipinski definition) is 1. The molecule has 1 N–H and O–H groups in total. The van der Waals surface area contributed by atoms with Gasteiger partial charge >= 0.3 is 0 Å². The van der Waals surface area contributed by atoms with Crippen LogP contribution < -0.4 is 5.56 Å². The number of aromatic amines is 1. The minimum Gasteiger partial charge on any atom is -0.337 e. The highest BCUT2D eigenvalue weighted by Gasteiger charge is 2.32. The number of nitrogens with one attached hydrogen (secondary N) is 1. The van der Waals surface area contributed by atoms with Gasteiger partial charge < -0.3 is 9.88 Å². The number of hydrogen-bond acceptors (Lipinski definition) is 3. The van der Waals surface area contributed by atoms with Crippen molar-refractivity contribution >= 4 is 5.91 Å². The number of aromatic nitrogens is 2. The molecule has 2 heterocycles. The zero-order valence-electron chi connectivity index (χ0n) is 13.8. The van der Waals surface area contributed by atoms with Crippen LogP contribution in [0.1, 0.15) is 36.1 Å². The number of amides is 1. The molecular formula is C19H21N3O2. The molecule has 1 amide bonds. The first-order chi connectivity index (χ1) is 11.6. The summed E-state index contributed by atoms with van der Waals surface area (Å²) in [5.74, 6) is 0.983. The van der Waals surface area contributed by atoms with Crippen LogP contribution in [-0.4, -0.2) is 27.3 Å². The molecule has 1 aromatic carbocycles. The molecule has 24 heavy (non-hydrogen) atoms. The van der Waals surface area contributed by atoms with Gasteiger partial charge in [0.2, 0.25) is 5.91 Å². The Morgan fingerprint density at radius 1 is 1.25 bits per heavy atom. The first-order valence-electron chi connectivity index (χ1n) is 8.60. The fourth-order valence-corrected chi connectivity index (χ4v) is 3.37. The molecule has 1 aliphatic carbocycles. The SMILES string of the molecule is Cc1ccc(-c2nc3c(c(=O)[nH]2)CN(C(=O)C2CCC2)CC3)cc1. The Hall–Kier alpha value is -2.43. The van der Waals surface area contributed by atoms with Gasteiger partial charge in [0.05, 0.1) is 17.8 Å². The van der Waals surface area contributed by atoms with Gasteiger partial charge in [0.1, 0.15) is 5.82 Å². The summed E-state index contributed by atoms with van der Waals surface area (Å²) in [5, 5.41) is 0. The Balaban J connectivity index is 1.62. The van der Waals surface area contributed by atoms with E-state index >= 15 is 0 Å². The molecule has 5 nitrogen and oxygen atoms in total. The lowest BCUT2D eigenvalue weighted by Crippen LogP contribution is -2.43. The van der Waals surface area contributed by atoms with Crippen LogP contribution in [0.25, 0.3) is 11.4 Å². The normalized spacial score (nSPS) is 17.3. The van der Waals surface area contributed by atoms with E-state index in [4.69, 9.17) is 0 Å². The predicted octanol–water partition coefficient (Wildman–Crippen LogP) is 2.43. The molecule has 1 saturated carbocycles. The summed E-state index contributed by atoms with van der Waals surface area (Å²) >= 11 is 0. The van der Waals surface area contributed by atoms with Gasteiger partial charge in [-0.15, -0.1) is 0 Å². The average molecular weight is 323 g/mol. The van der Waals surface area contributed by atoms with Crippen LogP contribution in [0, 0.1) is 12.8 Å². The third-order valence-corrected chi connectivity index (χ3v) is 5.16. The standard InChI is InChI=1S/C19H21N3O2/c1-12-5-7-13(8-6-12)17-20-16-9-10-22(11-15(16)18(23)21-17)19(24)14-3-2-4-14/h5-8,14H,2-4,9-11H2,1H3,(H,20,21,23). The minimum absolute atomic E-state index is 0.123. The van der Waals surface area contributed by atoms with Crippen molar-refractivity contribution in [1.82, 2.24) is 14.9 Å². The van der Waals surface area contributed by atoms with E-state index in [9.17, 15) is 9.59 Å². The monoisotopic (exact) mass is 323 g/mol. The number of H-pyrrole nitrogens is 1. The minimum atomic E-state index is -0.123. The van der Waals surface area contributed by atoms with Crippen molar-refractivity contribution in [3.8, 4) is 11.4 Å². The van der Waals surface area contributed by atoms with Gasteiger partial charge in [0.25, 0.3) is 5.56 Å². The van der Waals surface area contributed by atoms with Gasteiger partial charge in [-0.2, -0.15) is 0 Å². The summed E-state index contributed by atoms with van der Waals surface area (Å²) < 4.78 is 0. The quantitative estimate of drug-likeness (QED) is 0.923. The van der Waals surface area contributed by atoms with E-state index in [1.54, 1.807) is 0 Å². The molecule has 5 heteroatoms. The van der Waals surface area contributed by atoms with Crippen molar-refractivity contribution in [2.45, 2.75) is 39.2 Å². The lowest BCUT2D eigenvalue weighted by atomic mass is 9.84. The Kier molecular flexibility index (Phi) is 3.71. The summed E-state index contributed by atoms with van der Waals surface area (Å²) in [6.45, 7) is 3.08. The number of carbonyl (C=O) groups excluding carboxylic acids is 1. The highest BCUT2D eigenvalue weighted by atomic mass is 16.2. The highest BCUT2D eigenvalue weighted by Crippen LogP contribution is 2.30. The lowest BCUT2D eigenvalue weighted by Gasteiger charge is -2.34. The van der Waals surface area contributed by atoms with Gasteiger partial charge in [-0.25, -0.2) is 4.98 Å². The first-order valence-corrected chi connectivity index (χ1v) is 8.60. The Morgan fingerprint density at radius 3 is 2.67 bits per heavy atom. The van der Waals surface area contributed by atoms with Crippen LogP contribution >= 0.6 is 0 Å². The topological polar surface area (TPSA) is 66.1 Å². The summed E-state index contributed by atoms with van der Waals surface area (Å²) in [5.41, 5.74) is 3.43. The summed E-state index contributed by atoms with van der Waals surface area (Å²) in [6.07, 6.45) is 3.77. The summed E-state index contributed by atoms with van der Waals surface area (Å²) in [6, 6.07) is 7.95. The molecule has 0 saturated heterocycles. The first kappa shape index (κ1) is 15.1. The average Bonchev–Trinajstić information content (AvgIpc) is 2.53. The van der Waals surface area contributed by atoms with Gasteiger partial charge in [-0.3, -0.25) is 9.59 Å². The molecule has 124 valence electrons. The van der Waals surface area contributed by atoms with Gasteiger partial charge in [0, 0.05) is 24.4 Å². The third-order valence-electron chi connectivity index (χ3n) is 5.16. The fourth-order valence-electron chi connectivity index (χ4n) is 3.37. The second kappa shape index (κ2) is 5.89. The molecule has 1 aromatic heterocycles. The summed E-state index contributed by atoms with van der Waals surface area (Å²) in [4.78, 5) is 34.3. The van der Waals surface area contributed by atoms with Crippen molar-refractivity contribution in [3.05, 3.63) is 51.4 Å². The highest BCUT2D eigenvalue weighted by molar-refractivity contribution is 5.79. The number of benzene rings is 1. The molecule has 0 unspecified atom stereocenters. The molecule has 0 atom stereocenters. The molecule has 2 aromatic rings. The fraction of sp³-hybridized carbons (Fsp3) is 0.421. The Labute approximate surface area is 140 Å². The van der Waals surface area contributed by atoms with E-state index in [2.05, 4.69) is 9.97 Å². The number of aryl methyl sites for hydroxylation is 1. The van der Waals surface area contributed by atoms with Crippen LogP contribution in [0.3, 0.4) is 0 Å². The predicted molar refractivity (Wildman–Crippen MR) is 91.5 cm³/mol. The van der Waals surface area contributed by atoms with Crippen molar-refractivity contribution in [2.24, 2.45) is 5.92 Å². The maximum absolute atomic E-state index is 12.5. The molecule has 0 bridgehead atoms. The number of carbonyl (C=O) groups is 1. The zero-order chi connectivity index (χ0) is 16.7. The maximum atomic E-state index is 12.5. The second-order valence-electron chi connectivity index (χ2n) is 6.84. The molecule has 0 radical (unpaired) electrons. The molecular weight excluding hydrogens is 302 g/mol. The molecule has 2 aliphatic rings. The van der Waals surface area contributed by atoms with E-state index in [-0.39, 0.29) is 17.4 Å². The van der Waals surface area contributed by atoms with Gasteiger partial charge in [0.15, 0.2) is 0 Å². The van der Waals surface area contributed by atoms with E-state index in [0.29, 0.717) is 30.9 Å². The number of nitrogens with zero attached hydrogens (tertiary/aromatic N) is 2. The molecule has 4 rings (SSSR count). The largest absolute Gasteiger partial charge is 0.337 e. The van der Waals surface area contributed by atoms with Crippen molar-refractivity contribution in [1.29, 1.82) is 0 Å². The Bertz CT molecular complexity index is 835. The number of rotatable bonds is 2. The van der Waals surface area contributed by atoms with E-state index in [1.807, 2.05) is 36.1 Å². The number of fused-ring (bicyclic) bond motifs is 1. The van der Waals surface area contributed by atoms with Crippen molar-refractivity contribution in [3.63, 3.8) is 0 Å².